The van der Waals surface area contributed by atoms with Gasteiger partial charge in [-0.1, -0.05) is 30.3 Å². The summed E-state index contributed by atoms with van der Waals surface area (Å²) in [5.41, 5.74) is 1.38. The predicted octanol–water partition coefficient (Wildman–Crippen LogP) is 4.26. The first kappa shape index (κ1) is 22.5. The molecule has 1 saturated carbocycles. The smallest absolute Gasteiger partial charge is 0.315 e. The second-order valence-electron chi connectivity index (χ2n) is 8.00. The average molecular weight is 427 g/mol. The van der Waals surface area contributed by atoms with E-state index in [1.807, 2.05) is 12.3 Å². The van der Waals surface area contributed by atoms with E-state index in [2.05, 4.69) is 29.6 Å². The van der Waals surface area contributed by atoms with Gasteiger partial charge in [0.25, 0.3) is 5.91 Å². The van der Waals surface area contributed by atoms with Gasteiger partial charge in [-0.3, -0.25) is 4.79 Å². The fourth-order valence-electron chi connectivity index (χ4n) is 4.61. The Bertz CT molecular complexity index is 626. The molecular weight excluding hydrogens is 394 g/mol. The molecule has 4 nitrogen and oxygen atoms in total. The van der Waals surface area contributed by atoms with Crippen molar-refractivity contribution < 1.29 is 18.3 Å². The number of alkyl halides is 2. The van der Waals surface area contributed by atoms with Gasteiger partial charge in [-0.25, -0.2) is 0 Å². The van der Waals surface area contributed by atoms with Gasteiger partial charge in [0.15, 0.2) is 0 Å². The predicted molar refractivity (Wildman–Crippen MR) is 113 cm³/mol. The van der Waals surface area contributed by atoms with Crippen LogP contribution in [-0.4, -0.2) is 60.7 Å². The van der Waals surface area contributed by atoms with E-state index in [0.717, 1.165) is 44.4 Å². The molecule has 1 saturated heterocycles. The van der Waals surface area contributed by atoms with Gasteiger partial charge in [0.05, 0.1) is 18.8 Å². The highest BCUT2D eigenvalue weighted by molar-refractivity contribution is 7.98. The van der Waals surface area contributed by atoms with Gasteiger partial charge < -0.3 is 15.0 Å². The Hall–Kier alpha value is -1.18. The minimum Gasteiger partial charge on any atom is -0.376 e. The zero-order chi connectivity index (χ0) is 20.6. The average Bonchev–Trinajstić information content (AvgIpc) is 2.76. The molecule has 29 heavy (non-hydrogen) atoms. The van der Waals surface area contributed by atoms with Crippen molar-refractivity contribution in [2.75, 3.05) is 25.3 Å². The summed E-state index contributed by atoms with van der Waals surface area (Å²) in [4.78, 5) is 13.4. The van der Waals surface area contributed by atoms with Gasteiger partial charge in [0, 0.05) is 18.5 Å². The van der Waals surface area contributed by atoms with Crippen molar-refractivity contribution in [1.82, 2.24) is 10.2 Å². The molecule has 2 fully saturated rings. The summed E-state index contributed by atoms with van der Waals surface area (Å²) < 4.78 is 32.4. The van der Waals surface area contributed by atoms with Gasteiger partial charge in [-0.15, -0.1) is 11.8 Å². The summed E-state index contributed by atoms with van der Waals surface area (Å²) in [7, 11) is 0. The molecule has 1 N–H and O–H groups in total. The molecule has 2 atom stereocenters. The number of benzene rings is 1. The fraction of sp³-hybridized carbons (Fsp3) is 0.682. The normalized spacial score (nSPS) is 27.9. The van der Waals surface area contributed by atoms with Crippen LogP contribution < -0.4 is 5.32 Å². The molecule has 1 aliphatic carbocycles. The molecule has 2 aliphatic rings. The van der Waals surface area contributed by atoms with Crippen molar-refractivity contribution in [2.24, 2.45) is 0 Å². The van der Waals surface area contributed by atoms with E-state index in [-0.39, 0.29) is 18.2 Å². The van der Waals surface area contributed by atoms with Crippen LogP contribution in [0.25, 0.3) is 0 Å². The van der Waals surface area contributed by atoms with E-state index < -0.39 is 12.3 Å². The van der Waals surface area contributed by atoms with Crippen LogP contribution >= 0.6 is 11.8 Å². The van der Waals surface area contributed by atoms with Crippen molar-refractivity contribution in [1.29, 1.82) is 0 Å². The van der Waals surface area contributed by atoms with Gasteiger partial charge in [0.1, 0.15) is 0 Å². The Morgan fingerprint density at radius 1 is 1.21 bits per heavy atom. The SMILES string of the molecule is CSCN[C@H]1CCCN(C(=O)C(F)F)[C@H]1CO[C@H]1CC[C@@H](c2ccccc2)CC1. The van der Waals surface area contributed by atoms with Crippen LogP contribution in [0.15, 0.2) is 30.3 Å². The van der Waals surface area contributed by atoms with E-state index in [9.17, 15) is 13.6 Å². The number of ether oxygens (including phenoxy) is 1. The summed E-state index contributed by atoms with van der Waals surface area (Å²) in [5, 5.41) is 3.41. The van der Waals surface area contributed by atoms with Gasteiger partial charge in [-0.2, -0.15) is 8.78 Å². The summed E-state index contributed by atoms with van der Waals surface area (Å²) in [6.45, 7) is 0.709. The molecule has 1 aromatic carbocycles. The maximum atomic E-state index is 13.1. The summed E-state index contributed by atoms with van der Waals surface area (Å²) >= 11 is 1.65. The third-order valence-electron chi connectivity index (χ3n) is 6.19. The Balaban J connectivity index is 1.56. The number of rotatable bonds is 8. The minimum absolute atomic E-state index is 0.000409. The lowest BCUT2D eigenvalue weighted by molar-refractivity contribution is -0.150. The molecule has 1 heterocycles. The fourth-order valence-corrected chi connectivity index (χ4v) is 4.99. The van der Waals surface area contributed by atoms with E-state index in [4.69, 9.17) is 4.74 Å². The van der Waals surface area contributed by atoms with Crippen LogP contribution in [-0.2, 0) is 9.53 Å². The quantitative estimate of drug-likeness (QED) is 0.631. The van der Waals surface area contributed by atoms with E-state index >= 15 is 0 Å². The number of hydrogen-bond acceptors (Lipinski definition) is 4. The lowest BCUT2D eigenvalue weighted by atomic mass is 9.83. The third-order valence-corrected chi connectivity index (χ3v) is 6.64. The number of amides is 1. The zero-order valence-electron chi connectivity index (χ0n) is 17.1. The number of nitrogens with one attached hydrogen (secondary N) is 1. The summed E-state index contributed by atoms with van der Waals surface area (Å²) in [5.74, 6) is 0.237. The molecule has 0 radical (unpaired) electrons. The van der Waals surface area contributed by atoms with Crippen LogP contribution in [0.4, 0.5) is 8.78 Å². The van der Waals surface area contributed by atoms with Crippen LogP contribution in [0.5, 0.6) is 0 Å². The first-order valence-corrected chi connectivity index (χ1v) is 12.0. The van der Waals surface area contributed by atoms with Crippen molar-refractivity contribution in [3.63, 3.8) is 0 Å². The molecule has 1 amide bonds. The lowest BCUT2D eigenvalue weighted by Crippen LogP contribution is -2.59. The van der Waals surface area contributed by atoms with Crippen LogP contribution in [0.3, 0.4) is 0 Å². The van der Waals surface area contributed by atoms with E-state index in [1.165, 1.54) is 10.5 Å². The highest BCUT2D eigenvalue weighted by atomic mass is 32.2. The molecule has 3 rings (SSSR count). The van der Waals surface area contributed by atoms with Crippen LogP contribution in [0, 0.1) is 0 Å². The molecular formula is C22H32F2N2O2S. The Morgan fingerprint density at radius 3 is 2.59 bits per heavy atom. The number of piperidine rings is 1. The van der Waals surface area contributed by atoms with Gasteiger partial charge in [0.2, 0.25) is 0 Å². The number of carbonyl (C=O) groups excluding carboxylic acids is 1. The van der Waals surface area contributed by atoms with E-state index in [1.54, 1.807) is 11.8 Å². The molecule has 1 aliphatic heterocycles. The number of nitrogens with zero attached hydrogens (tertiary/aromatic N) is 1. The molecule has 7 heteroatoms. The standard InChI is InChI=1S/C22H32F2N2O2S/c1-29-15-25-19-8-5-13-26(22(27)21(23)24)20(19)14-28-18-11-9-17(10-12-18)16-6-3-2-4-7-16/h2-4,6-7,17-21,25H,5,8-15H2,1H3/t17-,18+,19-,20-/m0/s1. The van der Waals surface area contributed by atoms with Gasteiger partial charge in [-0.05, 0) is 56.3 Å². The van der Waals surface area contributed by atoms with Crippen LogP contribution in [0.2, 0.25) is 0 Å². The van der Waals surface area contributed by atoms with Gasteiger partial charge >= 0.3 is 6.43 Å². The number of halogens is 2. The highest BCUT2D eigenvalue weighted by Crippen LogP contribution is 2.34. The third kappa shape index (κ3) is 6.15. The molecule has 0 aromatic heterocycles. The highest BCUT2D eigenvalue weighted by Gasteiger charge is 2.38. The van der Waals surface area contributed by atoms with Crippen molar-refractivity contribution in [3.8, 4) is 0 Å². The topological polar surface area (TPSA) is 41.6 Å². The maximum absolute atomic E-state index is 13.1. The number of likely N-dealkylation sites (tertiary alicyclic amines) is 1. The van der Waals surface area contributed by atoms with Crippen LogP contribution in [0.1, 0.15) is 50.0 Å². The molecule has 1 aromatic rings. The van der Waals surface area contributed by atoms with Crippen molar-refractivity contribution in [3.05, 3.63) is 35.9 Å². The first-order chi connectivity index (χ1) is 14.1. The Morgan fingerprint density at radius 2 is 1.93 bits per heavy atom. The molecule has 0 spiro atoms. The molecule has 0 unspecified atom stereocenters. The Labute approximate surface area is 176 Å². The Kier molecular flexibility index (Phi) is 8.75. The molecule has 162 valence electrons. The minimum atomic E-state index is -2.96. The zero-order valence-corrected chi connectivity index (χ0v) is 17.9. The largest absolute Gasteiger partial charge is 0.376 e. The first-order valence-electron chi connectivity index (χ1n) is 10.6. The second kappa shape index (κ2) is 11.3. The lowest BCUT2D eigenvalue weighted by Gasteiger charge is -2.42. The second-order valence-corrected chi connectivity index (χ2v) is 8.87. The van der Waals surface area contributed by atoms with Crippen molar-refractivity contribution in [2.45, 2.75) is 69.1 Å². The number of thioether (sulfide) groups is 1. The summed E-state index contributed by atoms with van der Waals surface area (Å²) in [6, 6.07) is 10.2. The van der Waals surface area contributed by atoms with Crippen molar-refractivity contribution >= 4 is 17.7 Å². The number of carbonyl (C=O) groups is 1. The maximum Gasteiger partial charge on any atom is 0.315 e. The monoisotopic (exact) mass is 426 g/mol. The summed E-state index contributed by atoms with van der Waals surface area (Å²) in [6.07, 6.45) is 4.89. The molecule has 0 bridgehead atoms. The van der Waals surface area contributed by atoms with E-state index in [0.29, 0.717) is 19.1 Å². The number of hydrogen-bond donors (Lipinski definition) is 1.